The minimum Gasteiger partial charge on any atom is -0.367 e. The molecule has 86 valence electrons. The second kappa shape index (κ2) is 4.00. The summed E-state index contributed by atoms with van der Waals surface area (Å²) in [5.41, 5.74) is 0.611. The zero-order valence-corrected chi connectivity index (χ0v) is 9.25. The summed E-state index contributed by atoms with van der Waals surface area (Å²) in [6.07, 6.45) is 7.32. The molecule has 1 aromatic heterocycles. The maximum atomic E-state index is 14.0. The number of rotatable bonds is 4. The van der Waals surface area contributed by atoms with Crippen molar-refractivity contribution in [3.8, 4) is 0 Å². The summed E-state index contributed by atoms with van der Waals surface area (Å²) in [5, 5.41) is 3.09. The van der Waals surface area contributed by atoms with Gasteiger partial charge in [-0.1, -0.05) is 6.42 Å². The van der Waals surface area contributed by atoms with E-state index in [0.717, 1.165) is 25.3 Å². The van der Waals surface area contributed by atoms with Gasteiger partial charge in [-0.25, -0.2) is 14.4 Å². The third kappa shape index (κ3) is 1.88. The van der Waals surface area contributed by atoms with Crippen LogP contribution in [-0.4, -0.2) is 16.5 Å². The molecule has 2 fully saturated rings. The monoisotopic (exact) mass is 221 g/mol. The Labute approximate surface area is 94.5 Å². The lowest BCUT2D eigenvalue weighted by atomic mass is 9.82. The SMILES string of the molecule is Fc1c(NCC2CC2)ncnc1C1CCC1. The van der Waals surface area contributed by atoms with Gasteiger partial charge in [0.05, 0.1) is 5.69 Å². The minimum absolute atomic E-state index is 0.229. The number of halogens is 1. The fourth-order valence-electron chi connectivity index (χ4n) is 2.04. The Morgan fingerprint density at radius 2 is 2.06 bits per heavy atom. The molecule has 4 heteroatoms. The highest BCUT2D eigenvalue weighted by atomic mass is 19.1. The van der Waals surface area contributed by atoms with Gasteiger partial charge < -0.3 is 5.32 Å². The molecule has 0 spiro atoms. The van der Waals surface area contributed by atoms with E-state index in [1.165, 1.54) is 25.6 Å². The second-order valence-electron chi connectivity index (χ2n) is 4.87. The predicted molar refractivity (Wildman–Crippen MR) is 59.8 cm³/mol. The van der Waals surface area contributed by atoms with Gasteiger partial charge in [-0.2, -0.15) is 0 Å². The molecule has 0 aromatic carbocycles. The Balaban J connectivity index is 1.75. The van der Waals surface area contributed by atoms with E-state index in [1.54, 1.807) is 0 Å². The molecule has 2 aliphatic carbocycles. The van der Waals surface area contributed by atoms with Crippen molar-refractivity contribution in [2.75, 3.05) is 11.9 Å². The molecule has 0 unspecified atom stereocenters. The van der Waals surface area contributed by atoms with Crippen molar-refractivity contribution in [1.82, 2.24) is 9.97 Å². The number of hydrogen-bond donors (Lipinski definition) is 1. The maximum absolute atomic E-state index is 14.0. The zero-order valence-electron chi connectivity index (χ0n) is 9.25. The third-order valence-corrected chi connectivity index (χ3v) is 3.56. The van der Waals surface area contributed by atoms with Gasteiger partial charge in [-0.05, 0) is 31.6 Å². The molecular weight excluding hydrogens is 205 g/mol. The van der Waals surface area contributed by atoms with E-state index in [2.05, 4.69) is 15.3 Å². The van der Waals surface area contributed by atoms with Crippen molar-refractivity contribution in [3.05, 3.63) is 17.8 Å². The summed E-state index contributed by atoms with van der Waals surface area (Å²) < 4.78 is 14.0. The van der Waals surface area contributed by atoms with Crippen LogP contribution in [0.3, 0.4) is 0 Å². The van der Waals surface area contributed by atoms with Crippen LogP contribution < -0.4 is 5.32 Å². The van der Waals surface area contributed by atoms with Crippen LogP contribution in [0.5, 0.6) is 0 Å². The lowest BCUT2D eigenvalue weighted by molar-refractivity contribution is 0.393. The van der Waals surface area contributed by atoms with Gasteiger partial charge in [-0.15, -0.1) is 0 Å². The molecule has 2 saturated carbocycles. The van der Waals surface area contributed by atoms with Crippen LogP contribution in [0.15, 0.2) is 6.33 Å². The van der Waals surface area contributed by atoms with Gasteiger partial charge in [0.2, 0.25) is 0 Å². The molecule has 16 heavy (non-hydrogen) atoms. The summed E-state index contributed by atoms with van der Waals surface area (Å²) in [7, 11) is 0. The first kappa shape index (κ1) is 10.00. The first-order valence-corrected chi connectivity index (χ1v) is 6.09. The molecule has 3 nitrogen and oxygen atoms in total. The fraction of sp³-hybridized carbons (Fsp3) is 0.667. The minimum atomic E-state index is -0.229. The van der Waals surface area contributed by atoms with Gasteiger partial charge in [0.25, 0.3) is 0 Å². The van der Waals surface area contributed by atoms with Crippen LogP contribution in [0.4, 0.5) is 10.2 Å². The summed E-state index contributed by atoms with van der Waals surface area (Å²) in [6, 6.07) is 0. The standard InChI is InChI=1S/C12H16FN3/c13-10-11(9-2-1-3-9)15-7-16-12(10)14-6-8-4-5-8/h7-9H,1-6H2,(H,14,15,16). The Bertz CT molecular complexity index is 386. The molecule has 0 saturated heterocycles. The average molecular weight is 221 g/mol. The highest BCUT2D eigenvalue weighted by Gasteiger charge is 2.26. The molecule has 1 N–H and O–H groups in total. The van der Waals surface area contributed by atoms with Gasteiger partial charge in [0.1, 0.15) is 6.33 Å². The normalized spacial score (nSPS) is 20.6. The molecule has 1 aromatic rings. The molecular formula is C12H16FN3. The lowest BCUT2D eigenvalue weighted by Gasteiger charge is -2.25. The second-order valence-corrected chi connectivity index (χ2v) is 4.87. The average Bonchev–Trinajstić information content (AvgIpc) is 3.00. The van der Waals surface area contributed by atoms with Crippen LogP contribution in [0.25, 0.3) is 0 Å². The van der Waals surface area contributed by atoms with Gasteiger partial charge in [0.15, 0.2) is 11.6 Å². The molecule has 0 atom stereocenters. The molecule has 0 radical (unpaired) electrons. The van der Waals surface area contributed by atoms with E-state index in [0.29, 0.717) is 17.4 Å². The highest BCUT2D eigenvalue weighted by molar-refractivity contribution is 5.38. The van der Waals surface area contributed by atoms with Crippen molar-refractivity contribution >= 4 is 5.82 Å². The van der Waals surface area contributed by atoms with Crippen molar-refractivity contribution in [2.24, 2.45) is 5.92 Å². The highest BCUT2D eigenvalue weighted by Crippen LogP contribution is 2.37. The largest absolute Gasteiger partial charge is 0.367 e. The van der Waals surface area contributed by atoms with E-state index in [9.17, 15) is 4.39 Å². The van der Waals surface area contributed by atoms with Crippen molar-refractivity contribution in [1.29, 1.82) is 0 Å². The van der Waals surface area contributed by atoms with E-state index < -0.39 is 0 Å². The summed E-state index contributed by atoms with van der Waals surface area (Å²) in [4.78, 5) is 8.06. The maximum Gasteiger partial charge on any atom is 0.187 e. The van der Waals surface area contributed by atoms with Crippen LogP contribution in [-0.2, 0) is 0 Å². The van der Waals surface area contributed by atoms with Crippen LogP contribution in [0.1, 0.15) is 43.7 Å². The van der Waals surface area contributed by atoms with Crippen molar-refractivity contribution in [3.63, 3.8) is 0 Å². The molecule has 2 aliphatic rings. The van der Waals surface area contributed by atoms with Gasteiger partial charge >= 0.3 is 0 Å². The van der Waals surface area contributed by atoms with E-state index in [4.69, 9.17) is 0 Å². The number of nitrogens with zero attached hydrogens (tertiary/aromatic N) is 2. The molecule has 3 rings (SSSR count). The fourth-order valence-corrected chi connectivity index (χ4v) is 2.04. The summed E-state index contributed by atoms with van der Waals surface area (Å²) in [5.74, 6) is 1.21. The number of hydrogen-bond acceptors (Lipinski definition) is 3. The number of aromatic nitrogens is 2. The molecule has 1 heterocycles. The molecule has 0 aliphatic heterocycles. The van der Waals surface area contributed by atoms with E-state index in [-0.39, 0.29) is 5.82 Å². The molecule has 0 amide bonds. The van der Waals surface area contributed by atoms with Gasteiger partial charge in [0, 0.05) is 12.5 Å². The van der Waals surface area contributed by atoms with Crippen LogP contribution in [0.2, 0.25) is 0 Å². The lowest BCUT2D eigenvalue weighted by Crippen LogP contribution is -2.15. The topological polar surface area (TPSA) is 37.8 Å². The van der Waals surface area contributed by atoms with E-state index >= 15 is 0 Å². The Hall–Kier alpha value is -1.19. The Kier molecular flexibility index (Phi) is 2.50. The Morgan fingerprint density at radius 3 is 2.69 bits per heavy atom. The van der Waals surface area contributed by atoms with E-state index in [1.807, 2.05) is 0 Å². The molecule has 0 bridgehead atoms. The first-order chi connectivity index (χ1) is 7.84. The third-order valence-electron chi connectivity index (χ3n) is 3.56. The van der Waals surface area contributed by atoms with Crippen molar-refractivity contribution < 1.29 is 4.39 Å². The number of anilines is 1. The summed E-state index contributed by atoms with van der Waals surface area (Å²) >= 11 is 0. The Morgan fingerprint density at radius 1 is 1.25 bits per heavy atom. The first-order valence-electron chi connectivity index (χ1n) is 6.09. The zero-order chi connectivity index (χ0) is 11.0. The summed E-state index contributed by atoms with van der Waals surface area (Å²) in [6.45, 7) is 0.845. The predicted octanol–water partition coefficient (Wildman–Crippen LogP) is 2.71. The van der Waals surface area contributed by atoms with Gasteiger partial charge in [-0.3, -0.25) is 0 Å². The number of nitrogens with one attached hydrogen (secondary N) is 1. The smallest absolute Gasteiger partial charge is 0.187 e. The quantitative estimate of drug-likeness (QED) is 0.849. The van der Waals surface area contributed by atoms with Crippen LogP contribution in [0, 0.1) is 11.7 Å². The van der Waals surface area contributed by atoms with Crippen molar-refractivity contribution in [2.45, 2.75) is 38.0 Å². The van der Waals surface area contributed by atoms with Crippen LogP contribution >= 0.6 is 0 Å².